The molecule has 1 aliphatic rings. The average Bonchev–Trinajstić information content (AvgIpc) is 2.63. The summed E-state index contributed by atoms with van der Waals surface area (Å²) in [5.41, 5.74) is 12.7. The molecule has 0 aliphatic carbocycles. The Kier molecular flexibility index (Phi) is 3.02. The van der Waals surface area contributed by atoms with E-state index in [0.29, 0.717) is 5.70 Å². The summed E-state index contributed by atoms with van der Waals surface area (Å²) in [6.07, 6.45) is 1.85. The molecule has 1 unspecified atom stereocenters. The Bertz CT molecular complexity index is 685. The molecule has 1 heterocycles. The van der Waals surface area contributed by atoms with Crippen LogP contribution in [0, 0.1) is 11.3 Å². The number of hydrazine groups is 1. The monoisotopic (exact) mass is 262 g/mol. The smallest absolute Gasteiger partial charge is 0.175 e. The van der Waals surface area contributed by atoms with Crippen molar-refractivity contribution in [2.45, 2.75) is 6.04 Å². The first-order chi connectivity index (χ1) is 9.79. The summed E-state index contributed by atoms with van der Waals surface area (Å²) in [4.78, 5) is 0. The number of anilines is 2. The van der Waals surface area contributed by atoms with Crippen molar-refractivity contribution in [2.24, 2.45) is 5.73 Å². The maximum atomic E-state index is 9.44. The Morgan fingerprint density at radius 2 is 1.75 bits per heavy atom. The van der Waals surface area contributed by atoms with Crippen molar-refractivity contribution in [1.29, 1.82) is 5.26 Å². The molecule has 0 saturated heterocycles. The molecule has 3 rings (SSSR count). The Morgan fingerprint density at radius 3 is 2.50 bits per heavy atom. The van der Waals surface area contributed by atoms with Gasteiger partial charge < -0.3 is 5.73 Å². The van der Waals surface area contributed by atoms with Crippen molar-refractivity contribution in [3.63, 3.8) is 0 Å². The van der Waals surface area contributed by atoms with E-state index in [1.165, 1.54) is 0 Å². The first-order valence-corrected chi connectivity index (χ1v) is 6.36. The fourth-order valence-corrected chi connectivity index (χ4v) is 2.26. The van der Waals surface area contributed by atoms with Gasteiger partial charge in [0.1, 0.15) is 0 Å². The van der Waals surface area contributed by atoms with E-state index in [9.17, 15) is 5.26 Å². The van der Waals surface area contributed by atoms with E-state index in [0.717, 1.165) is 16.9 Å². The topological polar surface area (TPSA) is 65.1 Å². The Morgan fingerprint density at radius 1 is 1.05 bits per heavy atom. The van der Waals surface area contributed by atoms with Crippen molar-refractivity contribution >= 4 is 17.5 Å². The number of para-hydroxylation sites is 2. The van der Waals surface area contributed by atoms with Gasteiger partial charge in [-0.25, -0.2) is 0 Å². The maximum absolute atomic E-state index is 9.44. The number of nitrogens with one attached hydrogen (secondary N) is 1. The molecule has 3 N–H and O–H groups in total. The van der Waals surface area contributed by atoms with Crippen LogP contribution in [0.3, 0.4) is 0 Å². The number of benzene rings is 2. The number of nitriles is 1. The minimum atomic E-state index is -0.551. The van der Waals surface area contributed by atoms with Crippen LogP contribution in [0.4, 0.5) is 11.4 Å². The van der Waals surface area contributed by atoms with E-state index in [2.05, 4.69) is 11.5 Å². The zero-order valence-corrected chi connectivity index (χ0v) is 10.8. The van der Waals surface area contributed by atoms with E-state index < -0.39 is 6.04 Å². The Balaban J connectivity index is 2.11. The van der Waals surface area contributed by atoms with E-state index >= 15 is 0 Å². The number of nitrogens with two attached hydrogens (primary N) is 1. The first-order valence-electron chi connectivity index (χ1n) is 6.36. The summed E-state index contributed by atoms with van der Waals surface area (Å²) in [7, 11) is 0. The molecule has 0 radical (unpaired) electrons. The van der Waals surface area contributed by atoms with Crippen LogP contribution in [0.15, 0.2) is 60.3 Å². The molecule has 4 nitrogen and oxygen atoms in total. The fraction of sp³-hybridized carbons (Fsp3) is 0.0625. The van der Waals surface area contributed by atoms with E-state index in [4.69, 9.17) is 5.73 Å². The summed E-state index contributed by atoms with van der Waals surface area (Å²) < 4.78 is 0. The normalized spacial score (nSPS) is 17.2. The predicted molar refractivity (Wildman–Crippen MR) is 80.6 cm³/mol. The molecule has 0 aromatic heterocycles. The third-order valence-electron chi connectivity index (χ3n) is 3.25. The molecule has 98 valence electrons. The number of rotatable bonds is 1. The molecule has 4 heteroatoms. The lowest BCUT2D eigenvalue weighted by molar-refractivity contribution is 0.845. The van der Waals surface area contributed by atoms with Crippen LogP contribution in [0.2, 0.25) is 0 Å². The molecule has 0 bridgehead atoms. The van der Waals surface area contributed by atoms with Crippen molar-refractivity contribution in [1.82, 2.24) is 0 Å². The number of nitrogens with zero attached hydrogens (tertiary/aromatic N) is 2. The third kappa shape index (κ3) is 2.06. The van der Waals surface area contributed by atoms with E-state index in [1.807, 2.05) is 60.7 Å². The van der Waals surface area contributed by atoms with Crippen LogP contribution in [0.25, 0.3) is 6.08 Å². The molecular weight excluding hydrogens is 248 g/mol. The number of hydrogen-bond acceptors (Lipinski definition) is 4. The van der Waals surface area contributed by atoms with Crippen molar-refractivity contribution in [3.8, 4) is 6.07 Å². The molecular formula is C16H14N4. The highest BCUT2D eigenvalue weighted by molar-refractivity contribution is 5.74. The van der Waals surface area contributed by atoms with E-state index in [-0.39, 0.29) is 0 Å². The van der Waals surface area contributed by atoms with Crippen LogP contribution in [0.1, 0.15) is 5.56 Å². The zero-order chi connectivity index (χ0) is 13.9. The van der Waals surface area contributed by atoms with Gasteiger partial charge in [0.05, 0.1) is 17.4 Å². The van der Waals surface area contributed by atoms with Gasteiger partial charge >= 0.3 is 0 Å². The van der Waals surface area contributed by atoms with Crippen molar-refractivity contribution in [3.05, 3.63) is 65.9 Å². The minimum absolute atomic E-state index is 0.522. The molecule has 0 spiro atoms. The third-order valence-corrected chi connectivity index (χ3v) is 3.25. The molecule has 2 aromatic carbocycles. The summed E-state index contributed by atoms with van der Waals surface area (Å²) in [5.74, 6) is 0. The molecule has 20 heavy (non-hydrogen) atoms. The van der Waals surface area contributed by atoms with Gasteiger partial charge in [0.15, 0.2) is 6.04 Å². The maximum Gasteiger partial charge on any atom is 0.175 e. The largest absolute Gasteiger partial charge is 0.399 e. The fourth-order valence-electron chi connectivity index (χ4n) is 2.26. The van der Waals surface area contributed by atoms with Crippen LogP contribution >= 0.6 is 0 Å². The standard InChI is InChI=1S/C16H14N4/c17-11-16-14(18)10-12-6-4-5-9-15(12)19-20(16)13-7-2-1-3-8-13/h1-10,16,19H,18H2. The van der Waals surface area contributed by atoms with Crippen molar-refractivity contribution < 1.29 is 0 Å². The Hall–Kier alpha value is -2.93. The highest BCUT2D eigenvalue weighted by atomic mass is 15.5. The van der Waals surface area contributed by atoms with Gasteiger partial charge in [0.25, 0.3) is 0 Å². The lowest BCUT2D eigenvalue weighted by Gasteiger charge is -2.29. The highest BCUT2D eigenvalue weighted by Crippen LogP contribution is 2.28. The second-order valence-electron chi connectivity index (χ2n) is 4.58. The summed E-state index contributed by atoms with van der Waals surface area (Å²) in [6, 6.07) is 19.2. The molecule has 1 aliphatic heterocycles. The summed E-state index contributed by atoms with van der Waals surface area (Å²) in [5, 5.41) is 11.2. The number of hydrogen-bond donors (Lipinski definition) is 2. The minimum Gasteiger partial charge on any atom is -0.399 e. The van der Waals surface area contributed by atoms with Crippen LogP contribution < -0.4 is 16.2 Å². The predicted octanol–water partition coefficient (Wildman–Crippen LogP) is 2.73. The van der Waals surface area contributed by atoms with Gasteiger partial charge in [0, 0.05) is 11.3 Å². The summed E-state index contributed by atoms with van der Waals surface area (Å²) >= 11 is 0. The van der Waals surface area contributed by atoms with Crippen molar-refractivity contribution in [2.75, 3.05) is 10.4 Å². The SMILES string of the molecule is N#CC1C(N)=Cc2ccccc2NN1c1ccccc1. The molecule has 0 fully saturated rings. The lowest BCUT2D eigenvalue weighted by Crippen LogP contribution is -2.41. The number of fused-ring (bicyclic) bond motifs is 1. The second kappa shape index (κ2) is 4.98. The summed E-state index contributed by atoms with van der Waals surface area (Å²) in [6.45, 7) is 0. The van der Waals surface area contributed by atoms with Gasteiger partial charge in [-0.2, -0.15) is 5.26 Å². The Labute approximate surface area is 117 Å². The lowest BCUT2D eigenvalue weighted by atomic mass is 10.1. The molecule has 2 aromatic rings. The highest BCUT2D eigenvalue weighted by Gasteiger charge is 2.24. The van der Waals surface area contributed by atoms with Crippen LogP contribution in [-0.2, 0) is 0 Å². The van der Waals surface area contributed by atoms with Crippen LogP contribution in [0.5, 0.6) is 0 Å². The van der Waals surface area contributed by atoms with Gasteiger partial charge in [0.2, 0.25) is 0 Å². The van der Waals surface area contributed by atoms with Crippen LogP contribution in [-0.4, -0.2) is 6.04 Å². The van der Waals surface area contributed by atoms with Gasteiger partial charge in [-0.1, -0.05) is 36.4 Å². The second-order valence-corrected chi connectivity index (χ2v) is 4.58. The molecule has 0 saturated carbocycles. The van der Waals surface area contributed by atoms with Gasteiger partial charge in [-0.15, -0.1) is 0 Å². The van der Waals surface area contributed by atoms with Gasteiger partial charge in [-0.3, -0.25) is 10.4 Å². The quantitative estimate of drug-likeness (QED) is 0.829. The van der Waals surface area contributed by atoms with E-state index in [1.54, 1.807) is 5.01 Å². The van der Waals surface area contributed by atoms with Gasteiger partial charge in [-0.05, 0) is 24.3 Å². The average molecular weight is 262 g/mol. The first kappa shape index (κ1) is 12.1. The molecule has 1 atom stereocenters. The molecule has 0 amide bonds. The zero-order valence-electron chi connectivity index (χ0n) is 10.8.